The molecule has 0 heterocycles. The maximum absolute atomic E-state index is 2.52. The van der Waals surface area contributed by atoms with Crippen molar-refractivity contribution in [3.63, 3.8) is 0 Å². The quantitative estimate of drug-likeness (QED) is 0.205. The first-order chi connectivity index (χ1) is 23.2. The maximum atomic E-state index is 2.52. The van der Waals surface area contributed by atoms with Crippen LogP contribution in [-0.4, -0.2) is 6.04 Å². The summed E-state index contributed by atoms with van der Waals surface area (Å²) in [7, 11) is 0. The monoisotopic (exact) mass is 610 g/mol. The third-order valence-corrected chi connectivity index (χ3v) is 10.2. The molecule has 47 heavy (non-hydrogen) atoms. The van der Waals surface area contributed by atoms with Crippen LogP contribution in [0.15, 0.2) is 169 Å². The highest BCUT2D eigenvalue weighted by molar-refractivity contribution is 5.74. The lowest BCUT2D eigenvalue weighted by Gasteiger charge is -2.39. The third kappa shape index (κ3) is 5.85. The second-order valence-electron chi connectivity index (χ2n) is 13.2. The molecular formula is C45H42N2. The summed E-state index contributed by atoms with van der Waals surface area (Å²) < 4.78 is 0. The minimum absolute atomic E-state index is 0.205. The summed E-state index contributed by atoms with van der Waals surface area (Å²) in [6.45, 7) is 2.18. The molecule has 232 valence electrons. The van der Waals surface area contributed by atoms with Gasteiger partial charge in [-0.3, -0.25) is 0 Å². The van der Waals surface area contributed by atoms with Crippen LogP contribution < -0.4 is 9.80 Å². The number of para-hydroxylation sites is 1. The molecule has 0 fully saturated rings. The Balaban J connectivity index is 1.08. The van der Waals surface area contributed by atoms with E-state index in [-0.39, 0.29) is 6.04 Å². The molecule has 0 saturated heterocycles. The number of fused-ring (bicyclic) bond motifs is 2. The standard InChI is InChI=1S/C45H42N2/c1-33-12-9-19-41(32-33)47(45-23-11-16-37-14-6-8-21-43(37)45)40-30-26-35(27-31-40)34-24-28-39(29-25-34)46(38-17-3-2-4-18-38)44-22-10-15-36-13-5-7-20-42(36)44/h2-4,6,8-12,14-19,21-24,26-32,34,43,45H,5,7,13,20,25H2,1H3. The van der Waals surface area contributed by atoms with E-state index in [1.165, 1.54) is 75.5 Å². The van der Waals surface area contributed by atoms with Crippen LogP contribution >= 0.6 is 0 Å². The third-order valence-electron chi connectivity index (χ3n) is 10.2. The molecule has 2 heteroatoms. The van der Waals surface area contributed by atoms with Crippen molar-refractivity contribution in [3.05, 3.63) is 191 Å². The van der Waals surface area contributed by atoms with E-state index in [1.807, 2.05) is 0 Å². The van der Waals surface area contributed by atoms with Crippen LogP contribution in [0.2, 0.25) is 0 Å². The predicted octanol–water partition coefficient (Wildman–Crippen LogP) is 11.4. The van der Waals surface area contributed by atoms with Gasteiger partial charge in [-0.15, -0.1) is 0 Å². The molecule has 0 amide bonds. The van der Waals surface area contributed by atoms with Gasteiger partial charge in [0.05, 0.1) is 6.04 Å². The Morgan fingerprint density at radius 3 is 2.32 bits per heavy atom. The number of rotatable bonds is 7. The van der Waals surface area contributed by atoms with Gasteiger partial charge in [0.25, 0.3) is 0 Å². The first-order valence-corrected chi connectivity index (χ1v) is 17.3. The molecule has 2 nitrogen and oxygen atoms in total. The van der Waals surface area contributed by atoms with Gasteiger partial charge in [0.15, 0.2) is 0 Å². The van der Waals surface area contributed by atoms with E-state index < -0.39 is 0 Å². The smallest absolute Gasteiger partial charge is 0.0628 e. The SMILES string of the molecule is Cc1cccc(N(c2ccc(C3C=CC(N(c4ccccc4)c4cccc5c4CCCC5)=CC3)cc2)C2C=CC=C3C=CC=CC32)c1. The van der Waals surface area contributed by atoms with Crippen LogP contribution in [-0.2, 0) is 12.8 Å². The number of benzene rings is 4. The van der Waals surface area contributed by atoms with Crippen molar-refractivity contribution in [3.8, 4) is 0 Å². The lowest BCUT2D eigenvalue weighted by molar-refractivity contribution is 0.639. The number of nitrogens with zero attached hydrogens (tertiary/aromatic N) is 2. The van der Waals surface area contributed by atoms with Crippen LogP contribution in [0.25, 0.3) is 0 Å². The van der Waals surface area contributed by atoms with Crippen LogP contribution in [0, 0.1) is 12.8 Å². The summed E-state index contributed by atoms with van der Waals surface area (Å²) in [6, 6.07) is 36.2. The zero-order chi connectivity index (χ0) is 31.6. The fourth-order valence-electron chi connectivity index (χ4n) is 7.85. The number of hydrogen-bond donors (Lipinski definition) is 0. The minimum Gasteiger partial charge on any atom is -0.334 e. The Kier molecular flexibility index (Phi) is 8.09. The van der Waals surface area contributed by atoms with Crippen molar-refractivity contribution in [1.29, 1.82) is 0 Å². The Labute approximate surface area is 280 Å². The van der Waals surface area contributed by atoms with E-state index >= 15 is 0 Å². The van der Waals surface area contributed by atoms with Gasteiger partial charge in [0.2, 0.25) is 0 Å². The second kappa shape index (κ2) is 13.0. The molecule has 4 aliphatic carbocycles. The van der Waals surface area contributed by atoms with E-state index in [2.05, 4.69) is 175 Å². The summed E-state index contributed by atoms with van der Waals surface area (Å²) in [5.41, 5.74) is 13.3. The van der Waals surface area contributed by atoms with E-state index in [4.69, 9.17) is 0 Å². The second-order valence-corrected chi connectivity index (χ2v) is 13.2. The predicted molar refractivity (Wildman–Crippen MR) is 199 cm³/mol. The number of hydrogen-bond acceptors (Lipinski definition) is 2. The highest BCUT2D eigenvalue weighted by atomic mass is 15.2. The van der Waals surface area contributed by atoms with Crippen molar-refractivity contribution in [2.24, 2.45) is 5.92 Å². The van der Waals surface area contributed by atoms with Gasteiger partial charge >= 0.3 is 0 Å². The molecule has 3 unspecified atom stereocenters. The molecule has 0 aromatic heterocycles. The molecule has 3 atom stereocenters. The van der Waals surface area contributed by atoms with E-state index in [0.717, 1.165) is 12.8 Å². The molecule has 0 radical (unpaired) electrons. The van der Waals surface area contributed by atoms with Gasteiger partial charge < -0.3 is 9.80 Å². The zero-order valence-electron chi connectivity index (χ0n) is 27.2. The largest absolute Gasteiger partial charge is 0.334 e. The van der Waals surface area contributed by atoms with Crippen LogP contribution in [0.5, 0.6) is 0 Å². The highest BCUT2D eigenvalue weighted by Gasteiger charge is 2.30. The normalized spacial score (nSPS) is 21.0. The molecular weight excluding hydrogens is 569 g/mol. The Morgan fingerprint density at radius 1 is 0.660 bits per heavy atom. The first kappa shape index (κ1) is 29.3. The topological polar surface area (TPSA) is 6.48 Å². The van der Waals surface area contributed by atoms with Crippen molar-refractivity contribution in [2.45, 2.75) is 51.0 Å². The van der Waals surface area contributed by atoms with Crippen LogP contribution in [0.3, 0.4) is 0 Å². The fourth-order valence-corrected chi connectivity index (χ4v) is 7.85. The molecule has 0 saturated carbocycles. The summed E-state index contributed by atoms with van der Waals surface area (Å²) >= 11 is 0. The van der Waals surface area contributed by atoms with Crippen molar-refractivity contribution in [1.82, 2.24) is 0 Å². The summed E-state index contributed by atoms with van der Waals surface area (Å²) in [4.78, 5) is 5.00. The highest BCUT2D eigenvalue weighted by Crippen LogP contribution is 2.41. The molecule has 8 rings (SSSR count). The van der Waals surface area contributed by atoms with Crippen molar-refractivity contribution >= 4 is 22.7 Å². The van der Waals surface area contributed by atoms with Gasteiger partial charge in [-0.2, -0.15) is 0 Å². The van der Waals surface area contributed by atoms with Gasteiger partial charge in [-0.05, 0) is 115 Å². The Morgan fingerprint density at radius 2 is 1.49 bits per heavy atom. The number of anilines is 4. The summed E-state index contributed by atoms with van der Waals surface area (Å²) in [5, 5.41) is 0. The first-order valence-electron chi connectivity index (χ1n) is 17.3. The molecule has 4 aromatic rings. The summed E-state index contributed by atoms with van der Waals surface area (Å²) in [6.07, 6.45) is 28.8. The lowest BCUT2D eigenvalue weighted by atomic mass is 9.83. The number of aryl methyl sites for hydroxylation is 2. The maximum Gasteiger partial charge on any atom is 0.0628 e. The Hall–Kier alpha value is -5.08. The Bertz CT molecular complexity index is 1940. The van der Waals surface area contributed by atoms with Crippen LogP contribution in [0.4, 0.5) is 22.7 Å². The van der Waals surface area contributed by atoms with Crippen molar-refractivity contribution in [2.75, 3.05) is 9.80 Å². The molecule has 4 aromatic carbocycles. The average Bonchev–Trinajstić information content (AvgIpc) is 3.13. The molecule has 0 N–H and O–H groups in total. The molecule has 0 bridgehead atoms. The van der Waals surface area contributed by atoms with Gasteiger partial charge in [0.1, 0.15) is 0 Å². The molecule has 0 spiro atoms. The lowest BCUT2D eigenvalue weighted by Crippen LogP contribution is -2.37. The van der Waals surface area contributed by atoms with Gasteiger partial charge in [0, 0.05) is 40.3 Å². The molecule has 4 aliphatic rings. The fraction of sp³-hybridized carbons (Fsp3) is 0.200. The van der Waals surface area contributed by atoms with E-state index in [1.54, 1.807) is 0 Å². The van der Waals surface area contributed by atoms with Crippen LogP contribution in [0.1, 0.15) is 47.4 Å². The van der Waals surface area contributed by atoms with E-state index in [9.17, 15) is 0 Å². The van der Waals surface area contributed by atoms with Gasteiger partial charge in [-0.1, -0.05) is 109 Å². The van der Waals surface area contributed by atoms with Crippen molar-refractivity contribution < 1.29 is 0 Å². The number of allylic oxidation sites excluding steroid dienone is 8. The van der Waals surface area contributed by atoms with E-state index in [0.29, 0.717) is 11.8 Å². The summed E-state index contributed by atoms with van der Waals surface area (Å²) in [5.74, 6) is 0.663. The van der Waals surface area contributed by atoms with Gasteiger partial charge in [-0.25, -0.2) is 0 Å². The minimum atomic E-state index is 0.205. The zero-order valence-corrected chi connectivity index (χ0v) is 27.2. The molecule has 0 aliphatic heterocycles. The average molecular weight is 611 g/mol.